The van der Waals surface area contributed by atoms with Crippen molar-refractivity contribution in [3.05, 3.63) is 0 Å². The van der Waals surface area contributed by atoms with Crippen LogP contribution in [-0.4, -0.2) is 54.4 Å². The molecule has 1 aliphatic rings. The largest absolute Gasteiger partial charge is 0.481 e. The van der Waals surface area contributed by atoms with E-state index in [1.54, 1.807) is 6.92 Å². The van der Waals surface area contributed by atoms with E-state index >= 15 is 0 Å². The Morgan fingerprint density at radius 3 is 2.39 bits per heavy atom. The number of nitrogens with zero attached hydrogens (tertiary/aromatic N) is 1. The van der Waals surface area contributed by atoms with E-state index in [1.165, 1.54) is 0 Å². The Labute approximate surface area is 104 Å². The molecule has 1 fully saturated rings. The third-order valence-corrected chi connectivity index (χ3v) is 3.09. The number of halogens is 3. The highest BCUT2D eigenvalue weighted by Gasteiger charge is 2.44. The Balaban J connectivity index is 2.34. The van der Waals surface area contributed by atoms with Gasteiger partial charge < -0.3 is 15.3 Å². The van der Waals surface area contributed by atoms with Crippen LogP contribution in [0.2, 0.25) is 0 Å². The van der Waals surface area contributed by atoms with Gasteiger partial charge in [-0.25, -0.2) is 0 Å². The maximum absolute atomic E-state index is 12.4. The van der Waals surface area contributed by atoms with Gasteiger partial charge in [-0.15, -0.1) is 0 Å². The van der Waals surface area contributed by atoms with Crippen molar-refractivity contribution in [3.63, 3.8) is 0 Å². The molecule has 0 saturated carbocycles. The molecule has 0 aliphatic carbocycles. The molecule has 2 atom stereocenters. The molecule has 7 heteroatoms. The Morgan fingerprint density at radius 2 is 1.94 bits per heavy atom. The highest BCUT2D eigenvalue weighted by atomic mass is 19.4. The van der Waals surface area contributed by atoms with Gasteiger partial charge in [-0.2, -0.15) is 13.2 Å². The molecule has 4 nitrogen and oxygen atoms in total. The van der Waals surface area contributed by atoms with Gasteiger partial charge in [0.2, 0.25) is 0 Å². The number of aliphatic carboxylic acids is 1. The number of rotatable bonds is 6. The number of alkyl halides is 3. The lowest BCUT2D eigenvalue weighted by Gasteiger charge is -2.23. The fraction of sp³-hybridized carbons (Fsp3) is 0.909. The molecule has 0 amide bonds. The van der Waals surface area contributed by atoms with Crippen LogP contribution < -0.4 is 5.32 Å². The minimum atomic E-state index is -4.70. The lowest BCUT2D eigenvalue weighted by molar-refractivity contribution is -0.192. The number of nitrogens with one attached hydrogen (secondary N) is 1. The van der Waals surface area contributed by atoms with Gasteiger partial charge in [0.05, 0.1) is 0 Å². The van der Waals surface area contributed by atoms with Crippen molar-refractivity contribution in [1.29, 1.82) is 0 Å². The van der Waals surface area contributed by atoms with Gasteiger partial charge in [0.25, 0.3) is 0 Å². The smallest absolute Gasteiger partial charge is 0.403 e. The lowest BCUT2D eigenvalue weighted by atomic mass is 10.1. The highest BCUT2D eigenvalue weighted by Crippen LogP contribution is 2.25. The maximum atomic E-state index is 12.4. The Bertz CT molecular complexity index is 278. The summed E-state index contributed by atoms with van der Waals surface area (Å²) in [5.74, 6) is -4.16. The van der Waals surface area contributed by atoms with Crippen molar-refractivity contribution in [3.8, 4) is 0 Å². The fourth-order valence-electron chi connectivity index (χ4n) is 2.08. The molecule has 1 heterocycles. The summed E-state index contributed by atoms with van der Waals surface area (Å²) in [5, 5.41) is 11.2. The van der Waals surface area contributed by atoms with Crippen molar-refractivity contribution < 1.29 is 23.1 Å². The molecule has 1 rings (SSSR count). The summed E-state index contributed by atoms with van der Waals surface area (Å²) in [7, 11) is 0. The van der Waals surface area contributed by atoms with Gasteiger partial charge in [0.15, 0.2) is 5.92 Å². The first-order valence-corrected chi connectivity index (χ1v) is 6.06. The van der Waals surface area contributed by atoms with Crippen LogP contribution in [-0.2, 0) is 4.79 Å². The quantitative estimate of drug-likeness (QED) is 0.763. The molecular formula is C11H19F3N2O2. The molecule has 18 heavy (non-hydrogen) atoms. The van der Waals surface area contributed by atoms with Crippen LogP contribution in [0.5, 0.6) is 0 Å². The molecule has 0 aromatic heterocycles. The summed E-state index contributed by atoms with van der Waals surface area (Å²) in [6, 6.07) is -0.146. The lowest BCUT2D eigenvalue weighted by Crippen LogP contribution is -2.45. The summed E-state index contributed by atoms with van der Waals surface area (Å²) in [4.78, 5) is 12.7. The van der Waals surface area contributed by atoms with Crippen LogP contribution in [0.15, 0.2) is 0 Å². The molecule has 2 N–H and O–H groups in total. The topological polar surface area (TPSA) is 52.6 Å². The minimum Gasteiger partial charge on any atom is -0.481 e. The van der Waals surface area contributed by atoms with Gasteiger partial charge in [-0.1, -0.05) is 0 Å². The second kappa shape index (κ2) is 6.38. The van der Waals surface area contributed by atoms with Crippen molar-refractivity contribution in [2.45, 2.75) is 32.0 Å². The van der Waals surface area contributed by atoms with Crippen molar-refractivity contribution >= 4 is 5.97 Å². The van der Waals surface area contributed by atoms with Gasteiger partial charge in [-0.05, 0) is 32.9 Å². The van der Waals surface area contributed by atoms with Crippen molar-refractivity contribution in [1.82, 2.24) is 10.2 Å². The second-order valence-corrected chi connectivity index (χ2v) is 4.75. The summed E-state index contributed by atoms with van der Waals surface area (Å²) < 4.78 is 37.2. The van der Waals surface area contributed by atoms with E-state index in [1.807, 2.05) is 0 Å². The third kappa shape index (κ3) is 4.81. The van der Waals surface area contributed by atoms with Gasteiger partial charge in [0, 0.05) is 19.1 Å². The number of likely N-dealkylation sites (tertiary alicyclic amines) is 1. The van der Waals surface area contributed by atoms with E-state index in [0.717, 1.165) is 25.9 Å². The zero-order chi connectivity index (χ0) is 13.8. The Hall–Kier alpha value is -0.820. The monoisotopic (exact) mass is 268 g/mol. The summed E-state index contributed by atoms with van der Waals surface area (Å²) in [5.41, 5.74) is 0. The first kappa shape index (κ1) is 15.2. The van der Waals surface area contributed by atoms with E-state index in [0.29, 0.717) is 6.54 Å². The van der Waals surface area contributed by atoms with Crippen LogP contribution in [0.3, 0.4) is 0 Å². The minimum absolute atomic E-state index is 0.146. The van der Waals surface area contributed by atoms with Crippen molar-refractivity contribution in [2.24, 2.45) is 5.92 Å². The first-order valence-electron chi connectivity index (χ1n) is 6.06. The van der Waals surface area contributed by atoms with Gasteiger partial charge in [-0.3, -0.25) is 4.79 Å². The summed E-state index contributed by atoms with van der Waals surface area (Å²) in [6.07, 6.45) is -2.47. The van der Waals surface area contributed by atoms with E-state index in [2.05, 4.69) is 10.2 Å². The molecule has 2 unspecified atom stereocenters. The number of hydrogen-bond donors (Lipinski definition) is 2. The van der Waals surface area contributed by atoms with Crippen LogP contribution in [0.25, 0.3) is 0 Å². The molecule has 1 saturated heterocycles. The van der Waals surface area contributed by atoms with E-state index < -0.39 is 24.6 Å². The van der Waals surface area contributed by atoms with Gasteiger partial charge >= 0.3 is 12.1 Å². The number of carbonyl (C=O) groups is 1. The SMILES string of the molecule is CC(CN1CCCC1)NCC(C(=O)O)C(F)(F)F. The molecule has 0 radical (unpaired) electrons. The van der Waals surface area contributed by atoms with Gasteiger partial charge in [0.1, 0.15) is 0 Å². The molecular weight excluding hydrogens is 249 g/mol. The predicted octanol–water partition coefficient (Wildman–Crippen LogP) is 1.32. The Morgan fingerprint density at radius 1 is 1.39 bits per heavy atom. The van der Waals surface area contributed by atoms with Crippen LogP contribution >= 0.6 is 0 Å². The van der Waals surface area contributed by atoms with Crippen molar-refractivity contribution in [2.75, 3.05) is 26.2 Å². The molecule has 0 spiro atoms. The van der Waals surface area contributed by atoms with Crippen LogP contribution in [0.1, 0.15) is 19.8 Å². The maximum Gasteiger partial charge on any atom is 0.403 e. The summed E-state index contributed by atoms with van der Waals surface area (Å²) in [6.45, 7) is 3.78. The first-order chi connectivity index (χ1) is 8.30. The molecule has 0 bridgehead atoms. The number of carboxylic acid groups (broad SMARTS) is 1. The van der Waals surface area contributed by atoms with E-state index in [4.69, 9.17) is 5.11 Å². The highest BCUT2D eigenvalue weighted by molar-refractivity contribution is 5.71. The third-order valence-electron chi connectivity index (χ3n) is 3.09. The van der Waals surface area contributed by atoms with E-state index in [-0.39, 0.29) is 6.04 Å². The molecule has 0 aromatic carbocycles. The predicted molar refractivity (Wildman–Crippen MR) is 60.3 cm³/mol. The molecule has 1 aliphatic heterocycles. The molecule has 0 aromatic rings. The number of carboxylic acids is 1. The van der Waals surface area contributed by atoms with E-state index in [9.17, 15) is 18.0 Å². The standard InChI is InChI=1S/C11H19F3N2O2/c1-8(7-16-4-2-3-5-16)15-6-9(10(17)18)11(12,13)14/h8-9,15H,2-7H2,1H3,(H,17,18). The fourth-order valence-corrected chi connectivity index (χ4v) is 2.08. The van der Waals surface area contributed by atoms with Crippen LogP contribution in [0.4, 0.5) is 13.2 Å². The number of hydrogen-bond acceptors (Lipinski definition) is 3. The normalized spacial score (nSPS) is 20.9. The average molecular weight is 268 g/mol. The zero-order valence-corrected chi connectivity index (χ0v) is 10.3. The average Bonchev–Trinajstić information content (AvgIpc) is 2.67. The zero-order valence-electron chi connectivity index (χ0n) is 10.3. The van der Waals surface area contributed by atoms with Crippen LogP contribution in [0, 0.1) is 5.92 Å². The Kier molecular flexibility index (Phi) is 5.40. The molecule has 106 valence electrons. The second-order valence-electron chi connectivity index (χ2n) is 4.75. The summed E-state index contributed by atoms with van der Waals surface area (Å²) >= 11 is 0.